The lowest BCUT2D eigenvalue weighted by atomic mass is 10.0. The minimum Gasteiger partial charge on any atom is -0.340 e. The third kappa shape index (κ3) is 2.14. The molecular weight excluding hydrogens is 280 g/mol. The molecule has 0 amide bonds. The first-order valence-electron chi connectivity index (χ1n) is 7.30. The largest absolute Gasteiger partial charge is 0.340 e. The predicted molar refractivity (Wildman–Crippen MR) is 81.9 cm³/mol. The van der Waals surface area contributed by atoms with Crippen LogP contribution in [0.4, 0.5) is 5.95 Å². The first-order valence-corrected chi connectivity index (χ1v) is 7.30. The summed E-state index contributed by atoms with van der Waals surface area (Å²) in [5.74, 6) is 1.26. The van der Waals surface area contributed by atoms with Gasteiger partial charge in [0.05, 0.1) is 12.2 Å². The van der Waals surface area contributed by atoms with Crippen LogP contribution in [-0.4, -0.2) is 37.5 Å². The second kappa shape index (κ2) is 4.94. The maximum atomic E-state index is 11.8. The maximum absolute atomic E-state index is 11.8. The van der Waals surface area contributed by atoms with Crippen molar-refractivity contribution >= 4 is 11.6 Å². The van der Waals surface area contributed by atoms with Crippen molar-refractivity contribution in [2.45, 2.75) is 13.5 Å². The average Bonchev–Trinajstić information content (AvgIpc) is 2.89. The summed E-state index contributed by atoms with van der Waals surface area (Å²) in [6.45, 7) is 4.26. The molecule has 0 N–H and O–H groups in total. The highest BCUT2D eigenvalue weighted by molar-refractivity contribution is 5.47. The van der Waals surface area contributed by atoms with Crippen LogP contribution in [0.3, 0.4) is 0 Å². The Balaban J connectivity index is 1.48. The van der Waals surface area contributed by atoms with Crippen LogP contribution >= 0.6 is 0 Å². The Kier molecular flexibility index (Phi) is 2.92. The van der Waals surface area contributed by atoms with E-state index in [9.17, 15) is 4.79 Å². The summed E-state index contributed by atoms with van der Waals surface area (Å²) in [6.07, 6.45) is 1.96. The molecule has 1 fully saturated rings. The van der Waals surface area contributed by atoms with Gasteiger partial charge in [-0.15, -0.1) is 10.2 Å². The summed E-state index contributed by atoms with van der Waals surface area (Å²) < 4.78 is 3.53. The van der Waals surface area contributed by atoms with E-state index < -0.39 is 0 Å². The second-order valence-corrected chi connectivity index (χ2v) is 5.69. The van der Waals surface area contributed by atoms with Crippen LogP contribution in [0.1, 0.15) is 5.69 Å². The molecule has 3 aromatic heterocycles. The van der Waals surface area contributed by atoms with Crippen molar-refractivity contribution in [3.63, 3.8) is 0 Å². The number of aryl methyl sites for hydroxylation is 1. The zero-order valence-corrected chi connectivity index (χ0v) is 12.3. The van der Waals surface area contributed by atoms with E-state index in [-0.39, 0.29) is 5.56 Å². The summed E-state index contributed by atoms with van der Waals surface area (Å²) in [5, 5.41) is 12.7. The van der Waals surface area contributed by atoms with Crippen molar-refractivity contribution in [2.24, 2.45) is 5.92 Å². The van der Waals surface area contributed by atoms with Crippen LogP contribution in [0.2, 0.25) is 0 Å². The molecule has 7 nitrogen and oxygen atoms in total. The van der Waals surface area contributed by atoms with Gasteiger partial charge in [-0.1, -0.05) is 6.07 Å². The Morgan fingerprint density at radius 3 is 2.91 bits per heavy atom. The zero-order chi connectivity index (χ0) is 15.1. The van der Waals surface area contributed by atoms with Gasteiger partial charge in [0.1, 0.15) is 0 Å². The summed E-state index contributed by atoms with van der Waals surface area (Å²) in [7, 11) is 0. The molecule has 1 aliphatic rings. The van der Waals surface area contributed by atoms with Crippen molar-refractivity contribution < 1.29 is 0 Å². The van der Waals surface area contributed by atoms with Crippen molar-refractivity contribution in [3.05, 3.63) is 52.6 Å². The van der Waals surface area contributed by atoms with E-state index in [1.54, 1.807) is 16.8 Å². The Morgan fingerprint density at radius 2 is 2.05 bits per heavy atom. The lowest BCUT2D eigenvalue weighted by Gasteiger charge is -2.39. The number of hydrogen-bond acceptors (Lipinski definition) is 5. The van der Waals surface area contributed by atoms with E-state index in [0.29, 0.717) is 12.5 Å². The molecule has 112 valence electrons. The number of aromatic nitrogens is 5. The molecule has 4 heterocycles. The standard InChI is InChI=1S/C15H16N6O/c1-11-5-6-14(22)21(18-11)10-12-8-19(9-12)15-17-16-13-4-2-3-7-20(13)15/h2-7,12H,8-10H2,1H3. The highest BCUT2D eigenvalue weighted by Crippen LogP contribution is 2.24. The lowest BCUT2D eigenvalue weighted by molar-refractivity contribution is 0.329. The van der Waals surface area contributed by atoms with Crippen LogP contribution in [0.5, 0.6) is 0 Å². The summed E-state index contributed by atoms with van der Waals surface area (Å²) in [5.41, 5.74) is 1.66. The van der Waals surface area contributed by atoms with Gasteiger partial charge in [-0.25, -0.2) is 4.68 Å². The van der Waals surface area contributed by atoms with Gasteiger partial charge in [0.25, 0.3) is 5.56 Å². The summed E-state index contributed by atoms with van der Waals surface area (Å²) >= 11 is 0. The van der Waals surface area contributed by atoms with Gasteiger partial charge in [0.2, 0.25) is 5.95 Å². The number of nitrogens with zero attached hydrogens (tertiary/aromatic N) is 6. The third-order valence-corrected chi connectivity index (χ3v) is 3.97. The summed E-state index contributed by atoms with van der Waals surface area (Å²) in [4.78, 5) is 14.0. The Bertz CT molecular complexity index is 877. The maximum Gasteiger partial charge on any atom is 0.266 e. The van der Waals surface area contributed by atoms with E-state index >= 15 is 0 Å². The second-order valence-electron chi connectivity index (χ2n) is 5.69. The van der Waals surface area contributed by atoms with Crippen LogP contribution in [0.25, 0.3) is 5.65 Å². The molecule has 1 aliphatic heterocycles. The Morgan fingerprint density at radius 1 is 1.18 bits per heavy atom. The zero-order valence-electron chi connectivity index (χ0n) is 12.3. The van der Waals surface area contributed by atoms with Crippen LogP contribution in [0.15, 0.2) is 41.3 Å². The molecule has 0 atom stereocenters. The van der Waals surface area contributed by atoms with Crippen LogP contribution in [-0.2, 0) is 6.54 Å². The molecule has 1 saturated heterocycles. The normalized spacial score (nSPS) is 15.2. The van der Waals surface area contributed by atoms with Crippen molar-refractivity contribution in [2.75, 3.05) is 18.0 Å². The van der Waals surface area contributed by atoms with Gasteiger partial charge in [-0.3, -0.25) is 9.20 Å². The number of rotatable bonds is 3. The van der Waals surface area contributed by atoms with Gasteiger partial charge in [-0.05, 0) is 25.1 Å². The number of hydrogen-bond donors (Lipinski definition) is 0. The minimum atomic E-state index is -0.0445. The fraction of sp³-hybridized carbons (Fsp3) is 0.333. The lowest BCUT2D eigenvalue weighted by Crippen LogP contribution is -2.50. The van der Waals surface area contributed by atoms with E-state index in [1.165, 1.54) is 0 Å². The fourth-order valence-electron chi connectivity index (χ4n) is 2.82. The van der Waals surface area contributed by atoms with Crippen LogP contribution < -0.4 is 10.5 Å². The third-order valence-electron chi connectivity index (χ3n) is 3.97. The minimum absolute atomic E-state index is 0.0445. The SMILES string of the molecule is Cc1ccc(=O)n(CC2CN(c3nnc4ccccn34)C2)n1. The number of anilines is 1. The molecular formula is C15H16N6O. The van der Waals surface area contributed by atoms with Crippen molar-refractivity contribution in [3.8, 4) is 0 Å². The predicted octanol–water partition coefficient (Wildman–Crippen LogP) is 0.731. The average molecular weight is 296 g/mol. The summed E-state index contributed by atoms with van der Waals surface area (Å²) in [6, 6.07) is 9.17. The molecule has 0 unspecified atom stereocenters. The topological polar surface area (TPSA) is 68.3 Å². The van der Waals surface area contributed by atoms with Crippen molar-refractivity contribution in [1.82, 2.24) is 24.4 Å². The molecule has 3 aromatic rings. The molecule has 4 rings (SSSR count). The monoisotopic (exact) mass is 296 g/mol. The molecule has 22 heavy (non-hydrogen) atoms. The Hall–Kier alpha value is -2.70. The molecule has 7 heteroatoms. The first-order chi connectivity index (χ1) is 10.7. The number of fused-ring (bicyclic) bond motifs is 1. The molecule has 0 saturated carbocycles. The molecule has 0 aliphatic carbocycles. The first kappa shape index (κ1) is 13.0. The number of pyridine rings is 1. The van der Waals surface area contributed by atoms with E-state index in [4.69, 9.17) is 0 Å². The fourth-order valence-corrected chi connectivity index (χ4v) is 2.82. The Labute approximate surface area is 126 Å². The smallest absolute Gasteiger partial charge is 0.266 e. The van der Waals surface area contributed by atoms with Gasteiger partial charge in [-0.2, -0.15) is 5.10 Å². The highest BCUT2D eigenvalue weighted by atomic mass is 16.1. The molecule has 0 radical (unpaired) electrons. The highest BCUT2D eigenvalue weighted by Gasteiger charge is 2.30. The molecule has 0 bridgehead atoms. The van der Waals surface area contributed by atoms with Gasteiger partial charge < -0.3 is 4.90 Å². The van der Waals surface area contributed by atoms with E-state index in [0.717, 1.165) is 30.4 Å². The van der Waals surface area contributed by atoms with Gasteiger partial charge in [0, 0.05) is 31.3 Å². The van der Waals surface area contributed by atoms with E-state index in [1.807, 2.05) is 35.7 Å². The van der Waals surface area contributed by atoms with Crippen LogP contribution in [0, 0.1) is 12.8 Å². The molecule has 0 spiro atoms. The molecule has 0 aromatic carbocycles. The quantitative estimate of drug-likeness (QED) is 0.713. The van der Waals surface area contributed by atoms with Gasteiger partial charge >= 0.3 is 0 Å². The van der Waals surface area contributed by atoms with E-state index in [2.05, 4.69) is 20.2 Å². The van der Waals surface area contributed by atoms with Gasteiger partial charge in [0.15, 0.2) is 5.65 Å². The van der Waals surface area contributed by atoms with Crippen molar-refractivity contribution in [1.29, 1.82) is 0 Å².